The van der Waals surface area contributed by atoms with E-state index < -0.39 is 5.97 Å². The molecule has 1 unspecified atom stereocenters. The van der Waals surface area contributed by atoms with Gasteiger partial charge in [-0.3, -0.25) is 9.59 Å². The van der Waals surface area contributed by atoms with Crippen molar-refractivity contribution in [2.24, 2.45) is 0 Å². The van der Waals surface area contributed by atoms with Gasteiger partial charge in [0, 0.05) is 26.0 Å². The van der Waals surface area contributed by atoms with Gasteiger partial charge in [-0.2, -0.15) is 0 Å². The Hall–Kier alpha value is -1.14. The number of aliphatic carboxylic acids is 1. The summed E-state index contributed by atoms with van der Waals surface area (Å²) < 4.78 is 10.7. The zero-order valence-electron chi connectivity index (χ0n) is 10.5. The molecule has 0 spiro atoms. The fourth-order valence-electron chi connectivity index (χ4n) is 1.71. The minimum atomic E-state index is -0.843. The van der Waals surface area contributed by atoms with Gasteiger partial charge in [-0.25, -0.2) is 0 Å². The number of ether oxygens (including phenoxy) is 2. The molecule has 0 aliphatic carbocycles. The van der Waals surface area contributed by atoms with Gasteiger partial charge in [0.1, 0.15) is 0 Å². The number of rotatable bonds is 9. The average molecular weight is 259 g/mol. The van der Waals surface area contributed by atoms with Gasteiger partial charge in [0.05, 0.1) is 19.3 Å². The highest BCUT2D eigenvalue weighted by atomic mass is 16.5. The summed E-state index contributed by atoms with van der Waals surface area (Å²) >= 11 is 0. The van der Waals surface area contributed by atoms with E-state index in [-0.39, 0.29) is 18.4 Å². The minimum Gasteiger partial charge on any atom is -0.481 e. The standard InChI is InChI=1S/C12H21NO5/c14-11(13-6-1-4-12(15)16)5-8-17-9-10-3-2-7-18-10/h10H,1-9H2,(H,13,14)(H,15,16). The number of carbonyl (C=O) groups excluding carboxylic acids is 1. The predicted molar refractivity (Wildman–Crippen MR) is 64.3 cm³/mol. The Morgan fingerprint density at radius 1 is 1.39 bits per heavy atom. The van der Waals surface area contributed by atoms with E-state index in [0.29, 0.717) is 32.6 Å². The molecule has 1 amide bonds. The summed E-state index contributed by atoms with van der Waals surface area (Å²) in [5.74, 6) is -0.947. The van der Waals surface area contributed by atoms with Crippen molar-refractivity contribution in [1.29, 1.82) is 0 Å². The highest BCUT2D eigenvalue weighted by Gasteiger charge is 2.15. The maximum atomic E-state index is 11.3. The number of hydrogen-bond acceptors (Lipinski definition) is 4. The van der Waals surface area contributed by atoms with Gasteiger partial charge in [0.25, 0.3) is 0 Å². The average Bonchev–Trinajstić information content (AvgIpc) is 2.83. The first kappa shape index (κ1) is 14.9. The molecule has 1 rings (SSSR count). The van der Waals surface area contributed by atoms with Crippen LogP contribution in [0.4, 0.5) is 0 Å². The summed E-state index contributed by atoms with van der Waals surface area (Å²) in [7, 11) is 0. The van der Waals surface area contributed by atoms with Gasteiger partial charge in [0.15, 0.2) is 0 Å². The molecule has 2 N–H and O–H groups in total. The van der Waals surface area contributed by atoms with Gasteiger partial charge in [0.2, 0.25) is 5.91 Å². The molecule has 1 atom stereocenters. The summed E-state index contributed by atoms with van der Waals surface area (Å²) in [5.41, 5.74) is 0. The van der Waals surface area contributed by atoms with E-state index in [1.807, 2.05) is 0 Å². The summed E-state index contributed by atoms with van der Waals surface area (Å²) in [6, 6.07) is 0. The van der Waals surface area contributed by atoms with Crippen LogP contribution >= 0.6 is 0 Å². The first-order chi connectivity index (χ1) is 8.68. The van der Waals surface area contributed by atoms with E-state index in [4.69, 9.17) is 14.6 Å². The third-order valence-corrected chi connectivity index (χ3v) is 2.69. The summed E-state index contributed by atoms with van der Waals surface area (Å²) in [5, 5.41) is 11.1. The second kappa shape index (κ2) is 8.88. The SMILES string of the molecule is O=C(O)CCCNC(=O)CCOCC1CCCO1. The smallest absolute Gasteiger partial charge is 0.303 e. The van der Waals surface area contributed by atoms with Crippen LogP contribution in [0.25, 0.3) is 0 Å². The lowest BCUT2D eigenvalue weighted by Gasteiger charge is -2.10. The lowest BCUT2D eigenvalue weighted by molar-refractivity contribution is -0.137. The van der Waals surface area contributed by atoms with E-state index in [1.54, 1.807) is 0 Å². The van der Waals surface area contributed by atoms with Crippen molar-refractivity contribution in [3.63, 3.8) is 0 Å². The molecule has 6 nitrogen and oxygen atoms in total. The van der Waals surface area contributed by atoms with Gasteiger partial charge >= 0.3 is 5.97 Å². The zero-order valence-corrected chi connectivity index (χ0v) is 10.5. The molecular weight excluding hydrogens is 238 g/mol. The van der Waals surface area contributed by atoms with Crippen LogP contribution in [-0.4, -0.2) is 49.5 Å². The van der Waals surface area contributed by atoms with E-state index in [2.05, 4.69) is 5.32 Å². The minimum absolute atomic E-state index is 0.0792. The molecule has 1 saturated heterocycles. The normalized spacial score (nSPS) is 18.8. The monoisotopic (exact) mass is 259 g/mol. The molecule has 0 aromatic carbocycles. The summed E-state index contributed by atoms with van der Waals surface area (Å²) in [4.78, 5) is 21.6. The van der Waals surface area contributed by atoms with Crippen LogP contribution in [0.15, 0.2) is 0 Å². The molecule has 104 valence electrons. The van der Waals surface area contributed by atoms with Gasteiger partial charge < -0.3 is 19.9 Å². The van der Waals surface area contributed by atoms with Crippen molar-refractivity contribution in [1.82, 2.24) is 5.32 Å². The third-order valence-electron chi connectivity index (χ3n) is 2.69. The van der Waals surface area contributed by atoms with Crippen LogP contribution in [0.3, 0.4) is 0 Å². The molecule has 0 saturated carbocycles. The Labute approximate surface area is 107 Å². The van der Waals surface area contributed by atoms with Crippen LogP contribution in [0, 0.1) is 0 Å². The quantitative estimate of drug-likeness (QED) is 0.591. The van der Waals surface area contributed by atoms with Crippen molar-refractivity contribution in [3.8, 4) is 0 Å². The third kappa shape index (κ3) is 7.24. The lowest BCUT2D eigenvalue weighted by atomic mass is 10.2. The number of nitrogens with one attached hydrogen (secondary N) is 1. The summed E-state index contributed by atoms with van der Waals surface area (Å²) in [6.07, 6.45) is 3.14. The Morgan fingerprint density at radius 3 is 2.89 bits per heavy atom. The van der Waals surface area contributed by atoms with Gasteiger partial charge in [-0.05, 0) is 19.3 Å². The Bertz CT molecular complexity index is 263. The molecule has 6 heteroatoms. The molecule has 0 radical (unpaired) electrons. The lowest BCUT2D eigenvalue weighted by Crippen LogP contribution is -2.26. The fourth-order valence-corrected chi connectivity index (χ4v) is 1.71. The van der Waals surface area contributed by atoms with Gasteiger partial charge in [-0.1, -0.05) is 0 Å². The van der Waals surface area contributed by atoms with Crippen molar-refractivity contribution in [3.05, 3.63) is 0 Å². The largest absolute Gasteiger partial charge is 0.481 e. The van der Waals surface area contributed by atoms with E-state index in [0.717, 1.165) is 19.4 Å². The molecule has 1 aliphatic heterocycles. The first-order valence-corrected chi connectivity index (χ1v) is 6.36. The summed E-state index contributed by atoms with van der Waals surface area (Å²) in [6.45, 7) is 2.13. The Balaban J connectivity index is 1.88. The first-order valence-electron chi connectivity index (χ1n) is 6.36. The van der Waals surface area contributed by atoms with Crippen LogP contribution in [0.5, 0.6) is 0 Å². The zero-order chi connectivity index (χ0) is 13.2. The van der Waals surface area contributed by atoms with Gasteiger partial charge in [-0.15, -0.1) is 0 Å². The number of carboxylic acids is 1. The van der Waals surface area contributed by atoms with Crippen LogP contribution in [0.2, 0.25) is 0 Å². The molecule has 18 heavy (non-hydrogen) atoms. The molecular formula is C12H21NO5. The molecule has 0 aromatic heterocycles. The van der Waals surface area contributed by atoms with Crippen LogP contribution in [0.1, 0.15) is 32.1 Å². The Morgan fingerprint density at radius 2 is 2.22 bits per heavy atom. The van der Waals surface area contributed by atoms with E-state index in [9.17, 15) is 9.59 Å². The van der Waals surface area contributed by atoms with E-state index >= 15 is 0 Å². The molecule has 1 fully saturated rings. The second-order valence-electron chi connectivity index (χ2n) is 4.31. The molecule has 1 aliphatic rings. The number of carbonyl (C=O) groups is 2. The Kier molecular flexibility index (Phi) is 7.36. The maximum absolute atomic E-state index is 11.3. The van der Waals surface area contributed by atoms with Crippen molar-refractivity contribution in [2.45, 2.75) is 38.2 Å². The number of amides is 1. The van der Waals surface area contributed by atoms with Crippen LogP contribution < -0.4 is 5.32 Å². The second-order valence-corrected chi connectivity index (χ2v) is 4.31. The molecule has 0 bridgehead atoms. The van der Waals surface area contributed by atoms with Crippen molar-refractivity contribution < 1.29 is 24.2 Å². The fraction of sp³-hybridized carbons (Fsp3) is 0.833. The maximum Gasteiger partial charge on any atom is 0.303 e. The van der Waals surface area contributed by atoms with E-state index in [1.165, 1.54) is 0 Å². The van der Waals surface area contributed by atoms with Crippen molar-refractivity contribution in [2.75, 3.05) is 26.4 Å². The highest BCUT2D eigenvalue weighted by Crippen LogP contribution is 2.11. The predicted octanol–water partition coefficient (Wildman–Crippen LogP) is 0.553. The van der Waals surface area contributed by atoms with Crippen molar-refractivity contribution >= 4 is 11.9 Å². The van der Waals surface area contributed by atoms with Crippen LogP contribution in [-0.2, 0) is 19.1 Å². The molecule has 0 aromatic rings. The topological polar surface area (TPSA) is 84.9 Å². The molecule has 1 heterocycles. The highest BCUT2D eigenvalue weighted by molar-refractivity contribution is 5.76. The number of carboxylic acid groups (broad SMARTS) is 1. The number of hydrogen-bond donors (Lipinski definition) is 2.